The zero-order valence-corrected chi connectivity index (χ0v) is 16.8. The molecule has 4 N–H and O–H groups in total. The number of ether oxygens (including phenoxy) is 1. The van der Waals surface area contributed by atoms with Crippen molar-refractivity contribution in [2.24, 2.45) is 0 Å². The van der Waals surface area contributed by atoms with Crippen LogP contribution in [0.3, 0.4) is 0 Å². The Balaban J connectivity index is 0.000000451. The van der Waals surface area contributed by atoms with E-state index < -0.39 is 18.2 Å². The van der Waals surface area contributed by atoms with Crippen molar-refractivity contribution in [1.29, 1.82) is 0 Å². The van der Waals surface area contributed by atoms with E-state index in [1.54, 1.807) is 24.5 Å². The van der Waals surface area contributed by atoms with Gasteiger partial charge in [-0.05, 0) is 23.3 Å². The molecule has 0 radical (unpaired) electrons. The fourth-order valence-electron chi connectivity index (χ4n) is 2.54. The number of nitrogens with one attached hydrogen (secondary N) is 2. The van der Waals surface area contributed by atoms with Crippen LogP contribution in [-0.2, 0) is 4.79 Å². The van der Waals surface area contributed by atoms with E-state index in [0.29, 0.717) is 11.3 Å². The molecule has 0 aliphatic heterocycles. The molecule has 8 nitrogen and oxygen atoms in total. The number of amides is 1. The predicted molar refractivity (Wildman–Crippen MR) is 108 cm³/mol. The van der Waals surface area contributed by atoms with Crippen molar-refractivity contribution in [3.63, 3.8) is 0 Å². The van der Waals surface area contributed by atoms with Crippen LogP contribution in [0.1, 0.15) is 22.0 Å². The number of aromatic amines is 1. The summed E-state index contributed by atoms with van der Waals surface area (Å²) in [6.07, 6.45) is -2.38. The number of halogens is 3. The lowest BCUT2D eigenvalue weighted by atomic mass is 10.1. The van der Waals surface area contributed by atoms with E-state index in [4.69, 9.17) is 14.6 Å². The predicted octanol–water partition coefficient (Wildman–Crippen LogP) is 3.18. The summed E-state index contributed by atoms with van der Waals surface area (Å²) in [7, 11) is 1.52. The lowest BCUT2D eigenvalue weighted by Crippen LogP contribution is -2.28. The fraction of sp³-hybridized carbons (Fsp3) is 0.190. The normalized spacial score (nSPS) is 11.7. The van der Waals surface area contributed by atoms with Crippen molar-refractivity contribution in [1.82, 2.24) is 15.5 Å². The molecule has 1 atom stereocenters. The minimum absolute atomic E-state index is 0.121. The van der Waals surface area contributed by atoms with Crippen LogP contribution in [0, 0.1) is 0 Å². The number of aliphatic carboxylic acids is 1. The fourth-order valence-corrected chi connectivity index (χ4v) is 2.54. The van der Waals surface area contributed by atoms with Gasteiger partial charge < -0.3 is 20.3 Å². The van der Waals surface area contributed by atoms with E-state index in [9.17, 15) is 23.1 Å². The number of nitrogens with zero attached hydrogens (tertiary/aromatic N) is 1. The quantitative estimate of drug-likeness (QED) is 0.456. The highest BCUT2D eigenvalue weighted by molar-refractivity contribution is 5.97. The second-order valence-electron chi connectivity index (χ2n) is 6.34. The number of H-pyrrole nitrogens is 1. The van der Waals surface area contributed by atoms with Gasteiger partial charge in [-0.25, -0.2) is 4.79 Å². The second kappa shape index (κ2) is 11.0. The van der Waals surface area contributed by atoms with Gasteiger partial charge >= 0.3 is 12.1 Å². The summed E-state index contributed by atoms with van der Waals surface area (Å²) in [6.45, 7) is 0.121. The minimum atomic E-state index is -5.08. The Hall–Kier alpha value is -3.86. The first-order chi connectivity index (χ1) is 15.1. The maximum absolute atomic E-state index is 12.4. The molecule has 2 aromatic carbocycles. The van der Waals surface area contributed by atoms with Crippen LogP contribution in [0.5, 0.6) is 5.75 Å². The molecular weight excluding hydrogens is 431 g/mol. The monoisotopic (exact) mass is 451 g/mol. The summed E-state index contributed by atoms with van der Waals surface area (Å²) >= 11 is 0. The maximum Gasteiger partial charge on any atom is 0.490 e. The van der Waals surface area contributed by atoms with Crippen LogP contribution in [0.4, 0.5) is 13.2 Å². The molecule has 0 aliphatic rings. The van der Waals surface area contributed by atoms with Gasteiger partial charge in [0.1, 0.15) is 5.75 Å². The van der Waals surface area contributed by atoms with Crippen LogP contribution in [0.25, 0.3) is 11.1 Å². The molecular formula is C21H20F3N3O5. The highest BCUT2D eigenvalue weighted by atomic mass is 19.4. The Bertz CT molecular complexity index is 1020. The molecule has 32 heavy (non-hydrogen) atoms. The number of carboxylic acid groups (broad SMARTS) is 1. The van der Waals surface area contributed by atoms with Gasteiger partial charge in [-0.2, -0.15) is 18.3 Å². The zero-order valence-electron chi connectivity index (χ0n) is 16.8. The first-order valence-corrected chi connectivity index (χ1v) is 9.12. The number of methoxy groups -OCH3 is 1. The van der Waals surface area contributed by atoms with Gasteiger partial charge in [-0.1, -0.05) is 36.4 Å². The average Bonchev–Trinajstić information content (AvgIpc) is 3.32. The summed E-state index contributed by atoms with van der Waals surface area (Å²) in [5.74, 6) is -2.59. The summed E-state index contributed by atoms with van der Waals surface area (Å²) < 4.78 is 37.1. The summed E-state index contributed by atoms with van der Waals surface area (Å²) in [4.78, 5) is 21.3. The van der Waals surface area contributed by atoms with Crippen LogP contribution < -0.4 is 10.1 Å². The third-order valence-electron chi connectivity index (χ3n) is 4.16. The lowest BCUT2D eigenvalue weighted by molar-refractivity contribution is -0.192. The van der Waals surface area contributed by atoms with Gasteiger partial charge in [0.15, 0.2) is 0 Å². The molecule has 1 aromatic heterocycles. The number of rotatable bonds is 6. The van der Waals surface area contributed by atoms with E-state index >= 15 is 0 Å². The van der Waals surface area contributed by atoms with Crippen LogP contribution >= 0.6 is 0 Å². The number of alkyl halides is 3. The van der Waals surface area contributed by atoms with Crippen molar-refractivity contribution in [2.45, 2.75) is 12.3 Å². The van der Waals surface area contributed by atoms with Crippen LogP contribution in [-0.4, -0.2) is 52.1 Å². The van der Waals surface area contributed by atoms with E-state index in [0.717, 1.165) is 16.7 Å². The number of aliphatic hydroxyl groups is 1. The van der Waals surface area contributed by atoms with Crippen molar-refractivity contribution in [3.8, 4) is 16.9 Å². The van der Waals surface area contributed by atoms with Crippen molar-refractivity contribution >= 4 is 11.9 Å². The average molecular weight is 451 g/mol. The van der Waals surface area contributed by atoms with Gasteiger partial charge in [0.25, 0.3) is 5.91 Å². The second-order valence-corrected chi connectivity index (χ2v) is 6.34. The molecule has 3 rings (SSSR count). The highest BCUT2D eigenvalue weighted by Crippen LogP contribution is 2.26. The number of aliphatic hydroxyl groups excluding tert-OH is 1. The first-order valence-electron chi connectivity index (χ1n) is 9.12. The SMILES string of the molecule is COc1cc(-c2cn[nH]c2)ccc1C(=O)NC[C@H](O)c1ccccc1.O=C(O)C(F)(F)F. The Morgan fingerprint density at radius 2 is 1.81 bits per heavy atom. The summed E-state index contributed by atoms with van der Waals surface area (Å²) in [5, 5.41) is 26.7. The third-order valence-corrected chi connectivity index (χ3v) is 4.16. The molecule has 1 heterocycles. The molecule has 11 heteroatoms. The van der Waals surface area contributed by atoms with Crippen molar-refractivity contribution in [2.75, 3.05) is 13.7 Å². The van der Waals surface area contributed by atoms with Gasteiger partial charge in [0, 0.05) is 18.3 Å². The molecule has 0 bridgehead atoms. The highest BCUT2D eigenvalue weighted by Gasteiger charge is 2.38. The number of aromatic nitrogens is 2. The smallest absolute Gasteiger partial charge is 0.490 e. The summed E-state index contributed by atoms with van der Waals surface area (Å²) in [6, 6.07) is 14.5. The number of hydrogen-bond acceptors (Lipinski definition) is 5. The largest absolute Gasteiger partial charge is 0.496 e. The molecule has 1 amide bonds. The van der Waals surface area contributed by atoms with E-state index in [1.165, 1.54) is 7.11 Å². The molecule has 0 unspecified atom stereocenters. The van der Waals surface area contributed by atoms with E-state index in [2.05, 4.69) is 15.5 Å². The van der Waals surface area contributed by atoms with Gasteiger partial charge in [0.2, 0.25) is 0 Å². The van der Waals surface area contributed by atoms with Gasteiger partial charge in [-0.3, -0.25) is 9.89 Å². The topological polar surface area (TPSA) is 125 Å². The number of hydrogen-bond donors (Lipinski definition) is 4. The lowest BCUT2D eigenvalue weighted by Gasteiger charge is -2.14. The minimum Gasteiger partial charge on any atom is -0.496 e. The number of benzene rings is 2. The molecule has 0 spiro atoms. The van der Waals surface area contributed by atoms with Gasteiger partial charge in [0.05, 0.1) is 25.0 Å². The number of carboxylic acids is 1. The Morgan fingerprint density at radius 3 is 2.34 bits per heavy atom. The maximum atomic E-state index is 12.4. The van der Waals surface area contributed by atoms with E-state index in [1.807, 2.05) is 36.4 Å². The molecule has 3 aromatic rings. The molecule has 0 fully saturated rings. The Morgan fingerprint density at radius 1 is 1.16 bits per heavy atom. The van der Waals surface area contributed by atoms with Crippen LogP contribution in [0.15, 0.2) is 60.9 Å². The summed E-state index contributed by atoms with van der Waals surface area (Å²) in [5.41, 5.74) is 2.97. The number of carbonyl (C=O) groups is 2. The number of carbonyl (C=O) groups excluding carboxylic acids is 1. The Labute approximate surface area is 180 Å². The van der Waals surface area contributed by atoms with Crippen molar-refractivity contribution in [3.05, 3.63) is 72.1 Å². The van der Waals surface area contributed by atoms with Crippen LogP contribution in [0.2, 0.25) is 0 Å². The molecule has 0 saturated carbocycles. The van der Waals surface area contributed by atoms with Gasteiger partial charge in [-0.15, -0.1) is 0 Å². The standard InChI is InChI=1S/C19H19N3O3.C2HF3O2/c1-25-18-9-14(15-10-21-22-11-15)7-8-16(18)19(24)20-12-17(23)13-5-3-2-4-6-13;3-2(4,5)1(6)7/h2-11,17,23H,12H2,1H3,(H,20,24)(H,21,22);(H,6,7)/t17-;/m0./s1. The zero-order chi connectivity index (χ0) is 23.7. The molecule has 0 saturated heterocycles. The molecule has 0 aliphatic carbocycles. The molecule has 170 valence electrons. The van der Waals surface area contributed by atoms with Crippen molar-refractivity contribution < 1.29 is 37.7 Å². The third kappa shape index (κ3) is 6.84. The first kappa shape index (κ1) is 24.4. The Kier molecular flexibility index (Phi) is 8.36. The van der Waals surface area contributed by atoms with E-state index in [-0.39, 0.29) is 12.5 Å².